The lowest BCUT2D eigenvalue weighted by atomic mass is 9.75. The number of rotatable bonds is 1. The van der Waals surface area contributed by atoms with Crippen LogP contribution in [0.3, 0.4) is 0 Å². The van der Waals surface area contributed by atoms with E-state index in [4.69, 9.17) is 11.6 Å². The monoisotopic (exact) mass is 303 g/mol. The molecule has 1 aromatic heterocycles. The van der Waals surface area contributed by atoms with Crippen molar-refractivity contribution in [1.82, 2.24) is 10.2 Å². The molecule has 1 fully saturated rings. The molecule has 4 heteroatoms. The molecule has 0 unspecified atom stereocenters. The van der Waals surface area contributed by atoms with Crippen molar-refractivity contribution in [3.05, 3.63) is 29.4 Å². The first-order chi connectivity index (χ1) is 9.97. The minimum absolute atomic E-state index is 0.389. The lowest BCUT2D eigenvalue weighted by molar-refractivity contribution is 0.199. The van der Waals surface area contributed by atoms with Gasteiger partial charge in [-0.25, -0.2) is 0 Å². The number of piperidine rings is 1. The average molecular weight is 304 g/mol. The molecule has 1 saturated heterocycles. The topological polar surface area (TPSA) is 29.0 Å². The molecule has 0 saturated carbocycles. The molecule has 21 heavy (non-hydrogen) atoms. The number of nitrogens with zero attached hydrogens (tertiary/aromatic N) is 3. The molecule has 1 aliphatic rings. The molecular formula is C17H22ClN3. The maximum absolute atomic E-state index is 6.16. The fourth-order valence-electron chi connectivity index (χ4n) is 3.25. The summed E-state index contributed by atoms with van der Waals surface area (Å²) in [5.74, 6) is 1.75. The highest BCUT2D eigenvalue weighted by Crippen LogP contribution is 2.36. The Labute approximate surface area is 131 Å². The van der Waals surface area contributed by atoms with Gasteiger partial charge in [0.25, 0.3) is 0 Å². The Balaban J connectivity index is 1.88. The molecule has 2 heterocycles. The number of anilines is 1. The summed E-state index contributed by atoms with van der Waals surface area (Å²) in [6.45, 7) is 9.10. The summed E-state index contributed by atoms with van der Waals surface area (Å²) in [6.07, 6.45) is 2.42. The largest absolute Gasteiger partial charge is 0.355 e. The Morgan fingerprint density at radius 2 is 1.67 bits per heavy atom. The lowest BCUT2D eigenvalue weighted by Gasteiger charge is -2.39. The third kappa shape index (κ3) is 2.84. The first-order valence-electron chi connectivity index (χ1n) is 7.62. The van der Waals surface area contributed by atoms with Crippen LogP contribution in [0.15, 0.2) is 24.3 Å². The van der Waals surface area contributed by atoms with Crippen LogP contribution in [0.2, 0.25) is 5.15 Å². The highest BCUT2D eigenvalue weighted by Gasteiger charge is 2.29. The van der Waals surface area contributed by atoms with Crippen LogP contribution < -0.4 is 4.90 Å². The minimum Gasteiger partial charge on any atom is -0.355 e. The second-order valence-electron chi connectivity index (χ2n) is 6.99. The highest BCUT2D eigenvalue weighted by molar-refractivity contribution is 6.34. The summed E-state index contributed by atoms with van der Waals surface area (Å²) in [5.41, 5.74) is 0.389. The molecule has 0 amide bonds. The molecule has 1 aliphatic heterocycles. The Bertz CT molecular complexity index is 640. The van der Waals surface area contributed by atoms with Crippen LogP contribution in [0.1, 0.15) is 33.6 Å². The summed E-state index contributed by atoms with van der Waals surface area (Å²) in [4.78, 5) is 2.36. The van der Waals surface area contributed by atoms with Gasteiger partial charge in [-0.15, -0.1) is 10.2 Å². The van der Waals surface area contributed by atoms with Crippen molar-refractivity contribution in [2.75, 3.05) is 18.0 Å². The molecule has 0 aliphatic carbocycles. The molecule has 0 atom stereocenters. The van der Waals surface area contributed by atoms with E-state index in [1.165, 1.54) is 12.8 Å². The van der Waals surface area contributed by atoms with Crippen molar-refractivity contribution in [3.63, 3.8) is 0 Å². The molecule has 1 aromatic carbocycles. The van der Waals surface area contributed by atoms with Gasteiger partial charge in [-0.2, -0.15) is 0 Å². The summed E-state index contributed by atoms with van der Waals surface area (Å²) < 4.78 is 0. The van der Waals surface area contributed by atoms with Crippen molar-refractivity contribution >= 4 is 28.2 Å². The minimum atomic E-state index is 0.389. The standard InChI is InChI=1S/C17H22ClN3/c1-17(2,3)12-8-10-21(11-9-12)16-14-7-5-4-6-13(14)15(18)19-20-16/h4-7,12H,8-11H2,1-3H3. The van der Waals surface area contributed by atoms with Crippen molar-refractivity contribution < 1.29 is 0 Å². The van der Waals surface area contributed by atoms with E-state index in [1.54, 1.807) is 0 Å². The maximum Gasteiger partial charge on any atom is 0.159 e. The van der Waals surface area contributed by atoms with Gasteiger partial charge in [0.15, 0.2) is 11.0 Å². The van der Waals surface area contributed by atoms with E-state index in [1.807, 2.05) is 18.2 Å². The second kappa shape index (κ2) is 5.45. The van der Waals surface area contributed by atoms with Crippen LogP contribution in [0.5, 0.6) is 0 Å². The molecular weight excluding hydrogens is 282 g/mol. The third-order valence-corrected chi connectivity index (χ3v) is 4.92. The summed E-state index contributed by atoms with van der Waals surface area (Å²) in [7, 11) is 0. The van der Waals surface area contributed by atoms with Gasteiger partial charge in [-0.1, -0.05) is 56.6 Å². The van der Waals surface area contributed by atoms with E-state index in [0.29, 0.717) is 10.6 Å². The van der Waals surface area contributed by atoms with E-state index >= 15 is 0 Å². The van der Waals surface area contributed by atoms with E-state index < -0.39 is 0 Å². The quantitative estimate of drug-likeness (QED) is 0.774. The molecule has 2 aromatic rings. The molecule has 0 N–H and O–H groups in total. The Kier molecular flexibility index (Phi) is 3.78. The number of halogens is 1. The fraction of sp³-hybridized carbons (Fsp3) is 0.529. The predicted molar refractivity (Wildman–Crippen MR) is 88.9 cm³/mol. The molecule has 3 nitrogen and oxygen atoms in total. The lowest BCUT2D eigenvalue weighted by Crippen LogP contribution is -2.38. The van der Waals surface area contributed by atoms with Gasteiger partial charge in [0.1, 0.15) is 0 Å². The summed E-state index contributed by atoms with van der Waals surface area (Å²) in [5, 5.41) is 11.1. The Morgan fingerprint density at radius 1 is 1.05 bits per heavy atom. The Hall–Kier alpha value is -1.35. The van der Waals surface area contributed by atoms with E-state index in [2.05, 4.69) is 41.9 Å². The zero-order valence-corrected chi connectivity index (χ0v) is 13.7. The molecule has 0 bridgehead atoms. The fourth-order valence-corrected chi connectivity index (χ4v) is 3.45. The summed E-state index contributed by atoms with van der Waals surface area (Å²) in [6, 6.07) is 8.12. The van der Waals surface area contributed by atoms with Crippen LogP contribution in [-0.2, 0) is 0 Å². The molecule has 0 radical (unpaired) electrons. The van der Waals surface area contributed by atoms with Crippen LogP contribution in [0.4, 0.5) is 5.82 Å². The van der Waals surface area contributed by atoms with E-state index in [9.17, 15) is 0 Å². The van der Waals surface area contributed by atoms with E-state index in [0.717, 1.165) is 35.6 Å². The smallest absolute Gasteiger partial charge is 0.159 e. The average Bonchev–Trinajstić information content (AvgIpc) is 2.47. The van der Waals surface area contributed by atoms with E-state index in [-0.39, 0.29) is 0 Å². The molecule has 112 valence electrons. The normalized spacial score (nSPS) is 17.4. The van der Waals surface area contributed by atoms with Gasteiger partial charge in [-0.3, -0.25) is 0 Å². The van der Waals surface area contributed by atoms with Crippen molar-refractivity contribution in [2.45, 2.75) is 33.6 Å². The SMILES string of the molecule is CC(C)(C)C1CCN(c2nnc(Cl)c3ccccc23)CC1. The first kappa shape index (κ1) is 14.6. The van der Waals surface area contributed by atoms with Crippen molar-refractivity contribution in [3.8, 4) is 0 Å². The number of fused-ring (bicyclic) bond motifs is 1. The van der Waals surface area contributed by atoms with Crippen molar-refractivity contribution in [2.24, 2.45) is 11.3 Å². The number of hydrogen-bond acceptors (Lipinski definition) is 3. The summed E-state index contributed by atoms with van der Waals surface area (Å²) >= 11 is 6.16. The van der Waals surface area contributed by atoms with Crippen LogP contribution in [0, 0.1) is 11.3 Å². The number of hydrogen-bond donors (Lipinski definition) is 0. The predicted octanol–water partition coefficient (Wildman–Crippen LogP) is 4.55. The molecule has 0 spiro atoms. The van der Waals surface area contributed by atoms with Gasteiger partial charge in [0, 0.05) is 23.9 Å². The van der Waals surface area contributed by atoms with Crippen LogP contribution in [-0.4, -0.2) is 23.3 Å². The van der Waals surface area contributed by atoms with Crippen LogP contribution >= 0.6 is 11.6 Å². The third-order valence-electron chi connectivity index (χ3n) is 4.64. The zero-order valence-electron chi connectivity index (χ0n) is 12.9. The number of benzene rings is 1. The van der Waals surface area contributed by atoms with Gasteiger partial charge in [0.2, 0.25) is 0 Å². The van der Waals surface area contributed by atoms with Crippen molar-refractivity contribution in [1.29, 1.82) is 0 Å². The highest BCUT2D eigenvalue weighted by atomic mass is 35.5. The number of aromatic nitrogens is 2. The van der Waals surface area contributed by atoms with Gasteiger partial charge >= 0.3 is 0 Å². The Morgan fingerprint density at radius 3 is 2.29 bits per heavy atom. The first-order valence-corrected chi connectivity index (χ1v) is 8.00. The van der Waals surface area contributed by atoms with Crippen LogP contribution in [0.25, 0.3) is 10.8 Å². The van der Waals surface area contributed by atoms with Gasteiger partial charge in [0.05, 0.1) is 0 Å². The maximum atomic E-state index is 6.16. The van der Waals surface area contributed by atoms with Gasteiger partial charge in [-0.05, 0) is 24.2 Å². The van der Waals surface area contributed by atoms with Gasteiger partial charge < -0.3 is 4.90 Å². The zero-order chi connectivity index (χ0) is 15.0. The molecule has 3 rings (SSSR count). The second-order valence-corrected chi connectivity index (χ2v) is 7.35.